The number of carbonyl (C=O) groups excluding carboxylic acids is 1. The summed E-state index contributed by atoms with van der Waals surface area (Å²) in [5, 5.41) is 3.92. The molecule has 0 radical (unpaired) electrons. The first-order chi connectivity index (χ1) is 14.3. The van der Waals surface area contributed by atoms with Gasteiger partial charge in [0.15, 0.2) is 0 Å². The average Bonchev–Trinajstić information content (AvgIpc) is 3.10. The Morgan fingerprint density at radius 3 is 2.47 bits per heavy atom. The van der Waals surface area contributed by atoms with Gasteiger partial charge < -0.3 is 14.8 Å². The lowest BCUT2D eigenvalue weighted by Crippen LogP contribution is -2.22. The third-order valence-electron chi connectivity index (χ3n) is 4.25. The first-order valence-corrected chi connectivity index (χ1v) is 10.7. The van der Waals surface area contributed by atoms with Gasteiger partial charge in [-0.2, -0.15) is 0 Å². The minimum atomic E-state index is -0.119. The van der Waals surface area contributed by atoms with Gasteiger partial charge in [-0.05, 0) is 49.7 Å². The number of aromatic nitrogens is 2. The van der Waals surface area contributed by atoms with Crippen molar-refractivity contribution in [2.75, 3.05) is 6.61 Å². The van der Waals surface area contributed by atoms with Crippen LogP contribution < -0.4 is 14.8 Å². The number of pyridine rings is 1. The number of carbonyl (C=O) groups is 1. The summed E-state index contributed by atoms with van der Waals surface area (Å²) < 4.78 is 11.3. The zero-order chi connectivity index (χ0) is 21.7. The van der Waals surface area contributed by atoms with E-state index in [4.69, 9.17) is 9.47 Å². The molecular weight excluding hydrogens is 398 g/mol. The van der Waals surface area contributed by atoms with Gasteiger partial charge in [0.25, 0.3) is 5.91 Å². The van der Waals surface area contributed by atoms with E-state index in [1.165, 1.54) is 11.3 Å². The van der Waals surface area contributed by atoms with Crippen molar-refractivity contribution >= 4 is 17.2 Å². The van der Waals surface area contributed by atoms with Gasteiger partial charge in [0.05, 0.1) is 17.3 Å². The molecule has 0 fully saturated rings. The van der Waals surface area contributed by atoms with E-state index >= 15 is 0 Å². The van der Waals surface area contributed by atoms with Crippen LogP contribution >= 0.6 is 11.3 Å². The van der Waals surface area contributed by atoms with Gasteiger partial charge >= 0.3 is 0 Å². The lowest BCUT2D eigenvalue weighted by atomic mass is 9.98. The van der Waals surface area contributed by atoms with Crippen LogP contribution in [0.5, 0.6) is 17.4 Å². The molecule has 0 unspecified atom stereocenters. The molecule has 2 aromatic heterocycles. The summed E-state index contributed by atoms with van der Waals surface area (Å²) in [6.45, 7) is 11.1. The Bertz CT molecular complexity index is 1010. The van der Waals surface area contributed by atoms with Crippen molar-refractivity contribution in [3.8, 4) is 17.4 Å². The van der Waals surface area contributed by atoms with Crippen LogP contribution in [-0.2, 0) is 12.0 Å². The normalized spacial score (nSPS) is 11.2. The highest BCUT2D eigenvalue weighted by atomic mass is 32.1. The Hall–Kier alpha value is -2.93. The smallest absolute Gasteiger partial charge is 0.263 e. The summed E-state index contributed by atoms with van der Waals surface area (Å²) in [6, 6.07) is 11.0. The van der Waals surface area contributed by atoms with Crippen LogP contribution in [0.4, 0.5) is 0 Å². The Kier molecular flexibility index (Phi) is 6.72. The SMILES string of the molecule is CCOc1ccc(Oc2cc(CNC(=O)c3sc(C(C)(C)C)nc3C)ccn2)cc1. The lowest BCUT2D eigenvalue weighted by Gasteiger charge is -2.13. The molecule has 6 nitrogen and oxygen atoms in total. The van der Waals surface area contributed by atoms with Crippen molar-refractivity contribution in [3.05, 3.63) is 63.7 Å². The Morgan fingerprint density at radius 2 is 1.83 bits per heavy atom. The molecule has 3 rings (SSSR count). The van der Waals surface area contributed by atoms with Gasteiger partial charge in [-0.1, -0.05) is 20.8 Å². The summed E-state index contributed by atoms with van der Waals surface area (Å²) in [5.41, 5.74) is 1.58. The molecule has 1 amide bonds. The molecule has 30 heavy (non-hydrogen) atoms. The fourth-order valence-electron chi connectivity index (χ4n) is 2.70. The maximum Gasteiger partial charge on any atom is 0.263 e. The molecule has 2 heterocycles. The number of amides is 1. The third-order valence-corrected chi connectivity index (χ3v) is 5.84. The predicted molar refractivity (Wildman–Crippen MR) is 119 cm³/mol. The van der Waals surface area contributed by atoms with E-state index in [1.807, 2.05) is 50.2 Å². The van der Waals surface area contributed by atoms with E-state index in [-0.39, 0.29) is 11.3 Å². The summed E-state index contributed by atoms with van der Waals surface area (Å²) in [7, 11) is 0. The monoisotopic (exact) mass is 425 g/mol. The van der Waals surface area contributed by atoms with Crippen LogP contribution in [0.25, 0.3) is 0 Å². The standard InChI is InChI=1S/C23H27N3O3S/c1-6-28-17-7-9-18(10-8-17)29-19-13-16(11-12-24-19)14-25-21(27)20-15(2)26-22(30-20)23(3,4)5/h7-13H,6,14H2,1-5H3,(H,25,27). The van der Waals surface area contributed by atoms with Gasteiger partial charge in [0.2, 0.25) is 5.88 Å². The molecule has 7 heteroatoms. The van der Waals surface area contributed by atoms with E-state index in [0.717, 1.165) is 22.0 Å². The van der Waals surface area contributed by atoms with E-state index in [0.29, 0.717) is 29.7 Å². The summed E-state index contributed by atoms with van der Waals surface area (Å²) in [4.78, 5) is 22.1. The highest BCUT2D eigenvalue weighted by Crippen LogP contribution is 2.29. The van der Waals surface area contributed by atoms with Crippen molar-refractivity contribution in [3.63, 3.8) is 0 Å². The maximum atomic E-state index is 12.6. The molecule has 0 atom stereocenters. The molecule has 0 bridgehead atoms. The number of hydrogen-bond acceptors (Lipinski definition) is 6. The van der Waals surface area contributed by atoms with Crippen LogP contribution in [0, 0.1) is 6.92 Å². The highest BCUT2D eigenvalue weighted by molar-refractivity contribution is 7.14. The fraction of sp³-hybridized carbons (Fsp3) is 0.348. The average molecular weight is 426 g/mol. The summed E-state index contributed by atoms with van der Waals surface area (Å²) in [5.74, 6) is 1.81. The number of thiazole rings is 1. The van der Waals surface area contributed by atoms with Gasteiger partial charge in [0.1, 0.15) is 16.4 Å². The third kappa shape index (κ3) is 5.57. The number of nitrogens with zero attached hydrogens (tertiary/aromatic N) is 2. The number of rotatable bonds is 7. The molecule has 3 aromatic rings. The Morgan fingerprint density at radius 1 is 1.13 bits per heavy atom. The molecule has 0 aliphatic rings. The highest BCUT2D eigenvalue weighted by Gasteiger charge is 2.23. The van der Waals surface area contributed by atoms with Crippen molar-refractivity contribution in [2.45, 2.75) is 46.6 Å². The van der Waals surface area contributed by atoms with Crippen LogP contribution in [0.15, 0.2) is 42.6 Å². The zero-order valence-electron chi connectivity index (χ0n) is 18.0. The van der Waals surface area contributed by atoms with E-state index < -0.39 is 0 Å². The largest absolute Gasteiger partial charge is 0.494 e. The minimum absolute atomic E-state index is 0.0772. The van der Waals surface area contributed by atoms with Gasteiger partial charge in [-0.15, -0.1) is 11.3 Å². The Labute approximate surface area is 181 Å². The zero-order valence-corrected chi connectivity index (χ0v) is 18.8. The number of nitrogens with one attached hydrogen (secondary N) is 1. The molecule has 1 N–H and O–H groups in total. The topological polar surface area (TPSA) is 73.3 Å². The second kappa shape index (κ2) is 9.26. The molecule has 0 aliphatic heterocycles. The molecule has 158 valence electrons. The van der Waals surface area contributed by atoms with Crippen molar-refractivity contribution < 1.29 is 14.3 Å². The fourth-order valence-corrected chi connectivity index (χ4v) is 3.74. The van der Waals surface area contributed by atoms with Crippen LogP contribution in [0.2, 0.25) is 0 Å². The molecule has 0 spiro atoms. The van der Waals surface area contributed by atoms with E-state index in [2.05, 4.69) is 36.1 Å². The second-order valence-corrected chi connectivity index (χ2v) is 8.87. The first-order valence-electron chi connectivity index (χ1n) is 9.88. The van der Waals surface area contributed by atoms with Crippen LogP contribution in [-0.4, -0.2) is 22.5 Å². The molecule has 0 saturated carbocycles. The quantitative estimate of drug-likeness (QED) is 0.559. The molecule has 1 aromatic carbocycles. The molecule has 0 aliphatic carbocycles. The predicted octanol–water partition coefficient (Wildman–Crippen LogP) is 5.27. The number of benzene rings is 1. The first kappa shape index (κ1) is 21.8. The van der Waals surface area contributed by atoms with Gasteiger partial charge in [-0.3, -0.25) is 4.79 Å². The van der Waals surface area contributed by atoms with Crippen molar-refractivity contribution in [2.24, 2.45) is 0 Å². The maximum absolute atomic E-state index is 12.6. The molecular formula is C23H27N3O3S. The van der Waals surface area contributed by atoms with E-state index in [1.54, 1.807) is 6.20 Å². The second-order valence-electron chi connectivity index (χ2n) is 7.88. The van der Waals surface area contributed by atoms with Crippen molar-refractivity contribution in [1.82, 2.24) is 15.3 Å². The van der Waals surface area contributed by atoms with E-state index in [9.17, 15) is 4.79 Å². The summed E-state index contributed by atoms with van der Waals surface area (Å²) in [6.07, 6.45) is 1.67. The lowest BCUT2D eigenvalue weighted by molar-refractivity contribution is 0.0954. The minimum Gasteiger partial charge on any atom is -0.494 e. The number of aryl methyl sites for hydroxylation is 1. The number of hydrogen-bond donors (Lipinski definition) is 1. The van der Waals surface area contributed by atoms with Gasteiger partial charge in [-0.25, -0.2) is 9.97 Å². The Balaban J connectivity index is 1.63. The van der Waals surface area contributed by atoms with Crippen LogP contribution in [0.3, 0.4) is 0 Å². The van der Waals surface area contributed by atoms with Crippen molar-refractivity contribution in [1.29, 1.82) is 0 Å². The number of ether oxygens (including phenoxy) is 2. The summed E-state index contributed by atoms with van der Waals surface area (Å²) >= 11 is 1.45. The molecule has 0 saturated heterocycles. The van der Waals surface area contributed by atoms with Gasteiger partial charge in [0, 0.05) is 24.2 Å². The van der Waals surface area contributed by atoms with Crippen LogP contribution in [0.1, 0.15) is 53.6 Å².